The van der Waals surface area contributed by atoms with Crippen LogP contribution < -0.4 is 10.6 Å². The van der Waals surface area contributed by atoms with E-state index in [9.17, 15) is 9.59 Å². The van der Waals surface area contributed by atoms with Crippen molar-refractivity contribution in [1.29, 1.82) is 0 Å². The Kier molecular flexibility index (Phi) is 5.44. The third-order valence-electron chi connectivity index (χ3n) is 4.07. The Labute approximate surface area is 152 Å². The van der Waals surface area contributed by atoms with Gasteiger partial charge in [-0.25, -0.2) is 0 Å². The highest BCUT2D eigenvalue weighted by Gasteiger charge is 2.12. The van der Waals surface area contributed by atoms with Gasteiger partial charge in [-0.05, 0) is 42.8 Å². The highest BCUT2D eigenvalue weighted by molar-refractivity contribution is 6.05. The molecule has 2 N–H and O–H groups in total. The smallest absolute Gasteiger partial charge is 0.255 e. The first-order chi connectivity index (χ1) is 12.6. The highest BCUT2D eigenvalue weighted by atomic mass is 16.2. The number of amides is 2. The number of nitrogens with one attached hydrogen (secondary N) is 2. The van der Waals surface area contributed by atoms with Crippen LogP contribution in [-0.2, 0) is 0 Å². The predicted molar refractivity (Wildman–Crippen MR) is 103 cm³/mol. The first-order valence-electron chi connectivity index (χ1n) is 8.46. The minimum Gasteiger partial charge on any atom is -0.346 e. The van der Waals surface area contributed by atoms with Gasteiger partial charge in [0.1, 0.15) is 0 Å². The van der Waals surface area contributed by atoms with Gasteiger partial charge in [0, 0.05) is 16.8 Å². The van der Waals surface area contributed by atoms with E-state index in [2.05, 4.69) is 10.6 Å². The number of carbonyl (C=O) groups excluding carboxylic acids is 2. The topological polar surface area (TPSA) is 58.2 Å². The molecule has 0 aliphatic carbocycles. The maximum atomic E-state index is 12.5. The number of hydrogen-bond donors (Lipinski definition) is 2. The van der Waals surface area contributed by atoms with E-state index >= 15 is 0 Å². The van der Waals surface area contributed by atoms with Crippen LogP contribution in [-0.4, -0.2) is 11.8 Å². The maximum Gasteiger partial charge on any atom is 0.255 e. The van der Waals surface area contributed by atoms with Gasteiger partial charge in [-0.2, -0.15) is 0 Å². The summed E-state index contributed by atoms with van der Waals surface area (Å²) in [7, 11) is 0. The fourth-order valence-electron chi connectivity index (χ4n) is 2.64. The van der Waals surface area contributed by atoms with Gasteiger partial charge in [0.15, 0.2) is 0 Å². The average molecular weight is 344 g/mol. The molecule has 0 bridgehead atoms. The van der Waals surface area contributed by atoms with E-state index in [1.54, 1.807) is 36.4 Å². The summed E-state index contributed by atoms with van der Waals surface area (Å²) >= 11 is 0. The first-order valence-corrected chi connectivity index (χ1v) is 8.46. The molecule has 0 saturated carbocycles. The quantitative estimate of drug-likeness (QED) is 0.719. The lowest BCUT2D eigenvalue weighted by Crippen LogP contribution is -2.26. The molecule has 3 rings (SSSR count). The fourth-order valence-corrected chi connectivity index (χ4v) is 2.64. The van der Waals surface area contributed by atoms with Crippen LogP contribution in [0.1, 0.15) is 39.2 Å². The Bertz CT molecular complexity index is 892. The molecule has 0 aliphatic rings. The van der Waals surface area contributed by atoms with Crippen molar-refractivity contribution in [2.75, 3.05) is 5.32 Å². The van der Waals surface area contributed by atoms with Crippen molar-refractivity contribution in [2.45, 2.75) is 13.0 Å². The van der Waals surface area contributed by atoms with Gasteiger partial charge in [-0.15, -0.1) is 0 Å². The Morgan fingerprint density at radius 1 is 0.731 bits per heavy atom. The number of carbonyl (C=O) groups is 2. The summed E-state index contributed by atoms with van der Waals surface area (Å²) in [6.45, 7) is 1.94. The van der Waals surface area contributed by atoms with Crippen molar-refractivity contribution < 1.29 is 9.59 Å². The van der Waals surface area contributed by atoms with Crippen LogP contribution in [0.25, 0.3) is 0 Å². The molecule has 4 heteroatoms. The van der Waals surface area contributed by atoms with Crippen molar-refractivity contribution in [3.63, 3.8) is 0 Å². The summed E-state index contributed by atoms with van der Waals surface area (Å²) < 4.78 is 0. The molecule has 1 atom stereocenters. The molecule has 26 heavy (non-hydrogen) atoms. The molecule has 0 unspecified atom stereocenters. The molecule has 0 aromatic heterocycles. The SMILES string of the molecule is C[C@H](NC(=O)c1cccc(NC(=O)c2ccccc2)c1)c1ccccc1. The Hall–Kier alpha value is -3.40. The van der Waals surface area contributed by atoms with Crippen LogP contribution in [0.3, 0.4) is 0 Å². The van der Waals surface area contributed by atoms with E-state index < -0.39 is 0 Å². The van der Waals surface area contributed by atoms with Crippen LogP contribution in [0.15, 0.2) is 84.9 Å². The van der Waals surface area contributed by atoms with Gasteiger partial charge in [0.05, 0.1) is 6.04 Å². The monoisotopic (exact) mass is 344 g/mol. The molecule has 3 aromatic carbocycles. The second-order valence-corrected chi connectivity index (χ2v) is 6.01. The summed E-state index contributed by atoms with van der Waals surface area (Å²) in [6, 6.07) is 25.5. The van der Waals surface area contributed by atoms with E-state index in [-0.39, 0.29) is 17.9 Å². The van der Waals surface area contributed by atoms with Crippen molar-refractivity contribution >= 4 is 17.5 Å². The largest absolute Gasteiger partial charge is 0.346 e. The first kappa shape index (κ1) is 17.4. The second-order valence-electron chi connectivity index (χ2n) is 6.01. The maximum absolute atomic E-state index is 12.5. The summed E-state index contributed by atoms with van der Waals surface area (Å²) in [4.78, 5) is 24.8. The van der Waals surface area contributed by atoms with Crippen LogP contribution in [0, 0.1) is 0 Å². The van der Waals surface area contributed by atoms with Crippen molar-refractivity contribution in [3.8, 4) is 0 Å². The van der Waals surface area contributed by atoms with Gasteiger partial charge in [-0.3, -0.25) is 9.59 Å². The standard InChI is InChI=1S/C22H20N2O2/c1-16(17-9-4-2-5-10-17)23-22(26)19-13-8-14-20(15-19)24-21(25)18-11-6-3-7-12-18/h2-16H,1H3,(H,23,26)(H,24,25)/t16-/m0/s1. The fraction of sp³-hybridized carbons (Fsp3) is 0.0909. The Morgan fingerprint density at radius 2 is 1.35 bits per heavy atom. The van der Waals surface area contributed by atoms with Crippen LogP contribution in [0.4, 0.5) is 5.69 Å². The minimum atomic E-state index is -0.208. The molecule has 4 nitrogen and oxygen atoms in total. The zero-order chi connectivity index (χ0) is 18.4. The zero-order valence-corrected chi connectivity index (χ0v) is 14.5. The molecule has 0 aliphatic heterocycles. The van der Waals surface area contributed by atoms with Gasteiger partial charge < -0.3 is 10.6 Å². The minimum absolute atomic E-state index is 0.105. The number of anilines is 1. The van der Waals surface area contributed by atoms with E-state index in [0.29, 0.717) is 16.8 Å². The lowest BCUT2D eigenvalue weighted by atomic mass is 10.1. The summed E-state index contributed by atoms with van der Waals surface area (Å²) in [5.74, 6) is -0.391. The van der Waals surface area contributed by atoms with Crippen LogP contribution in [0.5, 0.6) is 0 Å². The molecule has 2 amide bonds. The Balaban J connectivity index is 1.68. The zero-order valence-electron chi connectivity index (χ0n) is 14.5. The molecule has 130 valence electrons. The molecule has 0 heterocycles. The van der Waals surface area contributed by atoms with E-state index in [0.717, 1.165) is 5.56 Å². The van der Waals surface area contributed by atoms with Crippen LogP contribution >= 0.6 is 0 Å². The third kappa shape index (κ3) is 4.36. The number of hydrogen-bond acceptors (Lipinski definition) is 2. The van der Waals surface area contributed by atoms with Crippen molar-refractivity contribution in [1.82, 2.24) is 5.32 Å². The van der Waals surface area contributed by atoms with Gasteiger partial charge >= 0.3 is 0 Å². The second kappa shape index (κ2) is 8.12. The number of benzene rings is 3. The van der Waals surface area contributed by atoms with E-state index in [4.69, 9.17) is 0 Å². The Morgan fingerprint density at radius 3 is 2.04 bits per heavy atom. The molecule has 3 aromatic rings. The molecular weight excluding hydrogens is 324 g/mol. The predicted octanol–water partition coefficient (Wildman–Crippen LogP) is 4.43. The van der Waals surface area contributed by atoms with Crippen molar-refractivity contribution in [3.05, 3.63) is 102 Å². The van der Waals surface area contributed by atoms with E-state index in [1.807, 2.05) is 55.5 Å². The third-order valence-corrected chi connectivity index (χ3v) is 4.07. The van der Waals surface area contributed by atoms with Crippen molar-refractivity contribution in [2.24, 2.45) is 0 Å². The average Bonchev–Trinajstić information content (AvgIpc) is 2.69. The molecule has 0 radical (unpaired) electrons. The van der Waals surface area contributed by atoms with Gasteiger partial charge in [-0.1, -0.05) is 54.6 Å². The van der Waals surface area contributed by atoms with Gasteiger partial charge in [0.25, 0.3) is 11.8 Å². The number of rotatable bonds is 5. The molecule has 0 spiro atoms. The summed E-state index contributed by atoms with van der Waals surface area (Å²) in [5.41, 5.74) is 2.69. The van der Waals surface area contributed by atoms with Gasteiger partial charge in [0.2, 0.25) is 0 Å². The summed E-state index contributed by atoms with van der Waals surface area (Å²) in [6.07, 6.45) is 0. The normalized spacial score (nSPS) is 11.4. The highest BCUT2D eigenvalue weighted by Crippen LogP contribution is 2.15. The summed E-state index contributed by atoms with van der Waals surface area (Å²) in [5, 5.41) is 5.79. The van der Waals surface area contributed by atoms with E-state index in [1.165, 1.54) is 0 Å². The lowest BCUT2D eigenvalue weighted by molar-refractivity contribution is 0.0938. The molecule has 0 saturated heterocycles. The molecule has 0 fully saturated rings. The van der Waals surface area contributed by atoms with Crippen LogP contribution in [0.2, 0.25) is 0 Å². The molecular formula is C22H20N2O2. The lowest BCUT2D eigenvalue weighted by Gasteiger charge is -2.15.